The molecule has 1 N–H and O–H groups in total. The lowest BCUT2D eigenvalue weighted by molar-refractivity contribution is -0.140. The summed E-state index contributed by atoms with van der Waals surface area (Å²) in [6.45, 7) is 0. The Kier molecular flexibility index (Phi) is 4.90. The summed E-state index contributed by atoms with van der Waals surface area (Å²) in [6, 6.07) is 8.91. The maximum absolute atomic E-state index is 13.4. The number of methoxy groups -OCH3 is 1. The lowest BCUT2D eigenvalue weighted by Gasteiger charge is -2.09. The van der Waals surface area contributed by atoms with Crippen LogP contribution in [0.15, 0.2) is 48.7 Å². The van der Waals surface area contributed by atoms with Gasteiger partial charge in [-0.15, -0.1) is 5.10 Å². The second-order valence-corrected chi connectivity index (χ2v) is 7.13. The molecule has 0 saturated carbocycles. The third-order valence-electron chi connectivity index (χ3n) is 4.14. The molecule has 0 aliphatic carbocycles. The first-order valence-corrected chi connectivity index (χ1v) is 9.25. The van der Waals surface area contributed by atoms with E-state index in [1.165, 1.54) is 22.1 Å². The predicted molar refractivity (Wildman–Crippen MR) is 103 cm³/mol. The number of hydrogen-bond donors (Lipinski definition) is 1. The summed E-state index contributed by atoms with van der Waals surface area (Å²) >= 11 is 1.34. The van der Waals surface area contributed by atoms with Gasteiger partial charge in [0.15, 0.2) is 5.82 Å². The third kappa shape index (κ3) is 3.83. The molecule has 0 aliphatic heterocycles. The molecular formula is C19H12F4N4O2S. The van der Waals surface area contributed by atoms with E-state index >= 15 is 0 Å². The Morgan fingerprint density at radius 1 is 1.17 bits per heavy atom. The van der Waals surface area contributed by atoms with E-state index in [2.05, 4.69) is 15.4 Å². The summed E-state index contributed by atoms with van der Waals surface area (Å²) in [5.74, 6) is -1.51. The number of anilines is 1. The minimum Gasteiger partial charge on any atom is -0.497 e. The predicted octanol–water partition coefficient (Wildman–Crippen LogP) is 4.90. The lowest BCUT2D eigenvalue weighted by Crippen LogP contribution is -2.15. The maximum atomic E-state index is 13.4. The van der Waals surface area contributed by atoms with Crippen LogP contribution in [-0.4, -0.2) is 27.8 Å². The van der Waals surface area contributed by atoms with Crippen LogP contribution < -0.4 is 10.1 Å². The highest BCUT2D eigenvalue weighted by molar-refractivity contribution is 7.20. The van der Waals surface area contributed by atoms with E-state index < -0.39 is 23.5 Å². The number of amides is 1. The standard InChI is InChI=1S/C19H12F4N4O2S/c1-29-11-3-5-14-15(9-11)30-18(24-14)27-7-6-16(26-27)25-17(28)10-2-4-13(20)12(8-10)19(21,22)23/h2-9H,1H3,(H,25,26,28). The van der Waals surface area contributed by atoms with Crippen LogP contribution in [0.2, 0.25) is 0 Å². The van der Waals surface area contributed by atoms with Crippen LogP contribution in [0, 0.1) is 5.82 Å². The monoisotopic (exact) mass is 436 g/mol. The molecule has 4 rings (SSSR count). The normalized spacial score (nSPS) is 11.6. The number of ether oxygens (including phenoxy) is 1. The molecule has 0 spiro atoms. The molecule has 0 fully saturated rings. The van der Waals surface area contributed by atoms with Crippen LogP contribution >= 0.6 is 11.3 Å². The van der Waals surface area contributed by atoms with Crippen molar-refractivity contribution in [2.45, 2.75) is 6.18 Å². The molecule has 0 saturated heterocycles. The molecule has 0 aliphatic rings. The largest absolute Gasteiger partial charge is 0.497 e. The van der Waals surface area contributed by atoms with Gasteiger partial charge in [-0.2, -0.15) is 13.2 Å². The molecule has 11 heteroatoms. The molecule has 0 bridgehead atoms. The van der Waals surface area contributed by atoms with Crippen LogP contribution in [0.1, 0.15) is 15.9 Å². The smallest absolute Gasteiger partial charge is 0.419 e. The van der Waals surface area contributed by atoms with E-state index in [0.29, 0.717) is 23.0 Å². The van der Waals surface area contributed by atoms with Crippen molar-refractivity contribution in [2.75, 3.05) is 12.4 Å². The van der Waals surface area contributed by atoms with E-state index in [9.17, 15) is 22.4 Å². The summed E-state index contributed by atoms with van der Waals surface area (Å²) in [6.07, 6.45) is -3.35. The molecule has 30 heavy (non-hydrogen) atoms. The lowest BCUT2D eigenvalue weighted by atomic mass is 10.1. The van der Waals surface area contributed by atoms with Crippen molar-refractivity contribution in [2.24, 2.45) is 0 Å². The van der Waals surface area contributed by atoms with Crippen LogP contribution in [0.25, 0.3) is 15.3 Å². The topological polar surface area (TPSA) is 69.0 Å². The number of halogens is 4. The van der Waals surface area contributed by atoms with E-state index in [4.69, 9.17) is 4.74 Å². The quantitative estimate of drug-likeness (QED) is 0.462. The Hall–Kier alpha value is -3.47. The van der Waals surface area contributed by atoms with Gasteiger partial charge in [-0.1, -0.05) is 11.3 Å². The number of aromatic nitrogens is 3. The molecule has 4 aromatic rings. The summed E-state index contributed by atoms with van der Waals surface area (Å²) in [5.41, 5.74) is -1.11. The van der Waals surface area contributed by atoms with Gasteiger partial charge in [-0.05, 0) is 36.4 Å². The number of rotatable bonds is 4. The number of nitrogens with one attached hydrogen (secondary N) is 1. The molecule has 0 unspecified atom stereocenters. The first-order chi connectivity index (χ1) is 14.2. The molecule has 6 nitrogen and oxygen atoms in total. The van der Waals surface area contributed by atoms with Crippen molar-refractivity contribution < 1.29 is 27.1 Å². The Morgan fingerprint density at radius 2 is 1.97 bits per heavy atom. The Balaban J connectivity index is 1.56. The SMILES string of the molecule is COc1ccc2nc(-n3ccc(NC(=O)c4ccc(F)c(C(F)(F)F)c4)n3)sc2c1. The number of hydrogen-bond acceptors (Lipinski definition) is 5. The highest BCUT2D eigenvalue weighted by Gasteiger charge is 2.34. The van der Waals surface area contributed by atoms with Crippen molar-refractivity contribution >= 4 is 33.3 Å². The van der Waals surface area contributed by atoms with Gasteiger partial charge in [-0.3, -0.25) is 4.79 Å². The molecule has 2 heterocycles. The van der Waals surface area contributed by atoms with Crippen LogP contribution in [0.5, 0.6) is 5.75 Å². The van der Waals surface area contributed by atoms with Gasteiger partial charge in [0.2, 0.25) is 5.13 Å². The van der Waals surface area contributed by atoms with Crippen molar-refractivity contribution in [3.63, 3.8) is 0 Å². The third-order valence-corrected chi connectivity index (χ3v) is 5.15. The maximum Gasteiger partial charge on any atom is 0.419 e. The summed E-state index contributed by atoms with van der Waals surface area (Å²) in [7, 11) is 1.56. The summed E-state index contributed by atoms with van der Waals surface area (Å²) < 4.78 is 59.4. The van der Waals surface area contributed by atoms with Crippen molar-refractivity contribution in [1.29, 1.82) is 0 Å². The van der Waals surface area contributed by atoms with Crippen LogP contribution in [-0.2, 0) is 6.18 Å². The fraction of sp³-hybridized carbons (Fsp3) is 0.105. The van der Waals surface area contributed by atoms with E-state index in [-0.39, 0.29) is 11.4 Å². The number of benzene rings is 2. The van der Waals surface area contributed by atoms with Crippen molar-refractivity contribution in [1.82, 2.24) is 14.8 Å². The zero-order valence-electron chi connectivity index (χ0n) is 15.2. The minimum atomic E-state index is -4.91. The first-order valence-electron chi connectivity index (χ1n) is 8.43. The van der Waals surface area contributed by atoms with Crippen LogP contribution in [0.3, 0.4) is 0 Å². The number of fused-ring (bicyclic) bond motifs is 1. The van der Waals surface area contributed by atoms with Gasteiger partial charge < -0.3 is 10.1 Å². The molecule has 154 valence electrons. The van der Waals surface area contributed by atoms with Crippen molar-refractivity contribution in [3.8, 4) is 10.9 Å². The van der Waals surface area contributed by atoms with E-state index in [0.717, 1.165) is 16.3 Å². The molecule has 0 radical (unpaired) electrons. The second kappa shape index (κ2) is 7.41. The number of carbonyl (C=O) groups is 1. The average molecular weight is 436 g/mol. The second-order valence-electron chi connectivity index (χ2n) is 6.12. The Labute approximate surface area is 170 Å². The Morgan fingerprint density at radius 3 is 2.70 bits per heavy atom. The minimum absolute atomic E-state index is 0.106. The molecule has 2 aromatic carbocycles. The zero-order chi connectivity index (χ0) is 21.5. The molecule has 2 aromatic heterocycles. The van der Waals surface area contributed by atoms with Gasteiger partial charge in [0, 0.05) is 17.8 Å². The number of nitrogens with zero attached hydrogens (tertiary/aromatic N) is 3. The summed E-state index contributed by atoms with van der Waals surface area (Å²) in [4.78, 5) is 16.7. The van der Waals surface area contributed by atoms with Gasteiger partial charge in [0.1, 0.15) is 11.6 Å². The highest BCUT2D eigenvalue weighted by atomic mass is 32.1. The average Bonchev–Trinajstić information content (AvgIpc) is 3.33. The molecular weight excluding hydrogens is 424 g/mol. The number of carbonyl (C=O) groups excluding carboxylic acids is 1. The first kappa shape index (κ1) is 19.8. The number of thiazole rings is 1. The van der Waals surface area contributed by atoms with Crippen molar-refractivity contribution in [3.05, 3.63) is 65.6 Å². The molecule has 1 amide bonds. The zero-order valence-corrected chi connectivity index (χ0v) is 16.0. The fourth-order valence-electron chi connectivity index (χ4n) is 2.69. The Bertz CT molecular complexity index is 1250. The number of alkyl halides is 3. The van der Waals surface area contributed by atoms with Gasteiger partial charge in [0.05, 0.1) is 22.9 Å². The van der Waals surface area contributed by atoms with Gasteiger partial charge >= 0.3 is 6.18 Å². The fourth-order valence-corrected chi connectivity index (χ4v) is 3.62. The molecule has 0 atom stereocenters. The van der Waals surface area contributed by atoms with E-state index in [1.807, 2.05) is 6.07 Å². The van der Waals surface area contributed by atoms with Gasteiger partial charge in [0.25, 0.3) is 5.91 Å². The highest BCUT2D eigenvalue weighted by Crippen LogP contribution is 2.32. The van der Waals surface area contributed by atoms with Crippen LogP contribution in [0.4, 0.5) is 23.4 Å². The van der Waals surface area contributed by atoms with E-state index in [1.54, 1.807) is 25.4 Å². The summed E-state index contributed by atoms with van der Waals surface area (Å²) in [5, 5.41) is 7.10. The van der Waals surface area contributed by atoms with Gasteiger partial charge in [-0.25, -0.2) is 14.1 Å².